The van der Waals surface area contributed by atoms with E-state index in [1.807, 2.05) is 0 Å². The second-order valence-corrected chi connectivity index (χ2v) is 4.33. The zero-order chi connectivity index (χ0) is 14.6. The first-order chi connectivity index (χ1) is 8.69. The van der Waals surface area contributed by atoms with E-state index < -0.39 is 18.8 Å². The lowest BCUT2D eigenvalue weighted by atomic mass is 10.2. The number of nitrogens with one attached hydrogen (secondary N) is 2. The van der Waals surface area contributed by atoms with Crippen molar-refractivity contribution in [3.05, 3.63) is 28.8 Å². The molecule has 2 amide bonds. The number of amides is 2. The van der Waals surface area contributed by atoms with Crippen LogP contribution in [0.1, 0.15) is 5.56 Å². The zero-order valence-corrected chi connectivity index (χ0v) is 10.9. The highest BCUT2D eigenvalue weighted by molar-refractivity contribution is 7.80. The summed E-state index contributed by atoms with van der Waals surface area (Å²) in [5.41, 5.74) is 6.02. The summed E-state index contributed by atoms with van der Waals surface area (Å²) in [4.78, 5) is 11.3. The Kier molecular flexibility index (Phi) is 4.96. The molecule has 0 bridgehead atoms. The van der Waals surface area contributed by atoms with Crippen LogP contribution in [0.15, 0.2) is 18.2 Å². The molecule has 0 aromatic heterocycles. The first kappa shape index (κ1) is 15.5. The van der Waals surface area contributed by atoms with Crippen LogP contribution in [0, 0.1) is 0 Å². The van der Waals surface area contributed by atoms with Gasteiger partial charge in [0.2, 0.25) is 0 Å². The van der Waals surface area contributed by atoms with Crippen LogP contribution in [-0.2, 0) is 0 Å². The molecule has 0 aliphatic rings. The van der Waals surface area contributed by atoms with Crippen LogP contribution in [0.2, 0.25) is 5.02 Å². The van der Waals surface area contributed by atoms with Crippen LogP contribution in [-0.4, -0.2) is 23.7 Å². The van der Waals surface area contributed by atoms with Crippen molar-refractivity contribution in [1.29, 1.82) is 0 Å². The summed E-state index contributed by atoms with van der Waals surface area (Å²) >= 11 is 10.6. The number of urea groups is 1. The molecule has 1 rings (SSSR count). The highest BCUT2D eigenvalue weighted by Crippen LogP contribution is 2.23. The number of benzene rings is 1. The first-order valence-electron chi connectivity index (χ1n) is 4.90. The van der Waals surface area contributed by atoms with Gasteiger partial charge in [0, 0.05) is 5.56 Å². The number of hydrogen-bond acceptors (Lipinski definition) is 2. The summed E-state index contributed by atoms with van der Waals surface area (Å²) in [5, 5.41) is 3.95. The van der Waals surface area contributed by atoms with E-state index in [-0.39, 0.29) is 15.7 Å². The van der Waals surface area contributed by atoms with Gasteiger partial charge in [0.1, 0.15) is 11.5 Å². The molecule has 104 valence electrons. The van der Waals surface area contributed by atoms with E-state index in [0.29, 0.717) is 5.56 Å². The van der Waals surface area contributed by atoms with Crippen LogP contribution < -0.4 is 16.4 Å². The Morgan fingerprint density at radius 3 is 2.53 bits per heavy atom. The van der Waals surface area contributed by atoms with Crippen LogP contribution in [0.5, 0.6) is 0 Å². The number of halogens is 4. The highest BCUT2D eigenvalue weighted by atomic mass is 35.5. The molecule has 0 radical (unpaired) electrons. The number of rotatable bonds is 3. The summed E-state index contributed by atoms with van der Waals surface area (Å²) in [6, 6.07) is 3.28. The molecule has 0 unspecified atom stereocenters. The third-order valence-electron chi connectivity index (χ3n) is 1.95. The molecule has 0 aliphatic heterocycles. The molecular weight excluding hydrogens is 303 g/mol. The van der Waals surface area contributed by atoms with Crippen molar-refractivity contribution in [2.45, 2.75) is 6.18 Å². The fraction of sp³-hybridized carbons (Fsp3) is 0.200. The minimum atomic E-state index is -4.48. The van der Waals surface area contributed by atoms with Crippen LogP contribution in [0.3, 0.4) is 0 Å². The summed E-state index contributed by atoms with van der Waals surface area (Å²) in [6.45, 7) is -1.43. The third kappa shape index (κ3) is 5.31. The minimum Gasteiger partial charge on any atom is -0.389 e. The summed E-state index contributed by atoms with van der Waals surface area (Å²) in [5.74, 6) is 0. The lowest BCUT2D eigenvalue weighted by molar-refractivity contribution is -0.122. The number of carbonyl (C=O) groups excluding carboxylic acids is 1. The monoisotopic (exact) mass is 311 g/mol. The lowest BCUT2D eigenvalue weighted by Crippen LogP contribution is -2.36. The van der Waals surface area contributed by atoms with Gasteiger partial charge < -0.3 is 16.4 Å². The summed E-state index contributed by atoms with van der Waals surface area (Å²) in [7, 11) is 0. The second kappa shape index (κ2) is 6.07. The van der Waals surface area contributed by atoms with Crippen molar-refractivity contribution in [3.63, 3.8) is 0 Å². The molecule has 0 aliphatic carbocycles. The van der Waals surface area contributed by atoms with Crippen LogP contribution in [0.4, 0.5) is 23.7 Å². The molecule has 1 aromatic carbocycles. The Morgan fingerprint density at radius 1 is 1.42 bits per heavy atom. The topological polar surface area (TPSA) is 67.1 Å². The molecule has 9 heteroatoms. The highest BCUT2D eigenvalue weighted by Gasteiger charge is 2.27. The maximum absolute atomic E-state index is 11.9. The maximum Gasteiger partial charge on any atom is 0.405 e. The average molecular weight is 312 g/mol. The molecule has 0 atom stereocenters. The fourth-order valence-corrected chi connectivity index (χ4v) is 1.47. The predicted octanol–water partition coefficient (Wildman–Crippen LogP) is 2.66. The van der Waals surface area contributed by atoms with Gasteiger partial charge in [-0.2, -0.15) is 13.2 Å². The third-order valence-corrected chi connectivity index (χ3v) is 2.50. The Balaban J connectivity index is 2.67. The van der Waals surface area contributed by atoms with Gasteiger partial charge in [0.25, 0.3) is 0 Å². The number of alkyl halides is 3. The van der Waals surface area contributed by atoms with Crippen LogP contribution in [0.25, 0.3) is 0 Å². The van der Waals surface area contributed by atoms with Crippen LogP contribution >= 0.6 is 23.8 Å². The Labute approximate surface area is 117 Å². The number of anilines is 1. The predicted molar refractivity (Wildman–Crippen MR) is 70.4 cm³/mol. The van der Waals surface area contributed by atoms with Crippen molar-refractivity contribution in [2.75, 3.05) is 11.9 Å². The molecule has 0 saturated heterocycles. The summed E-state index contributed by atoms with van der Waals surface area (Å²) < 4.78 is 35.6. The number of carbonyl (C=O) groups is 1. The Hall–Kier alpha value is -1.54. The molecule has 0 spiro atoms. The SMILES string of the molecule is NC(=S)c1ccc(NC(=O)NCC(F)(F)F)c(Cl)c1. The zero-order valence-electron chi connectivity index (χ0n) is 9.34. The van der Waals surface area contributed by atoms with E-state index in [0.717, 1.165) is 0 Å². The summed E-state index contributed by atoms with van der Waals surface area (Å²) in [6.07, 6.45) is -4.48. The van der Waals surface area contributed by atoms with Gasteiger partial charge in [-0.1, -0.05) is 23.8 Å². The molecule has 1 aromatic rings. The van der Waals surface area contributed by atoms with E-state index in [1.54, 1.807) is 5.32 Å². The smallest absolute Gasteiger partial charge is 0.389 e. The van der Waals surface area contributed by atoms with Gasteiger partial charge >= 0.3 is 12.2 Å². The van der Waals surface area contributed by atoms with Gasteiger partial charge in [-0.15, -0.1) is 0 Å². The van der Waals surface area contributed by atoms with Crippen molar-refractivity contribution in [3.8, 4) is 0 Å². The molecule has 0 saturated carbocycles. The lowest BCUT2D eigenvalue weighted by Gasteiger charge is -2.11. The minimum absolute atomic E-state index is 0.118. The molecular formula is C10H9ClF3N3OS. The Bertz CT molecular complexity index is 507. The van der Waals surface area contributed by atoms with Gasteiger partial charge in [-0.25, -0.2) is 4.79 Å². The maximum atomic E-state index is 11.9. The molecule has 4 nitrogen and oxygen atoms in total. The molecule has 0 heterocycles. The van der Waals surface area contributed by atoms with Crippen molar-refractivity contribution < 1.29 is 18.0 Å². The molecule has 4 N–H and O–H groups in total. The van der Waals surface area contributed by atoms with Gasteiger partial charge in [-0.05, 0) is 18.2 Å². The quantitative estimate of drug-likeness (QED) is 0.752. The van der Waals surface area contributed by atoms with Crippen molar-refractivity contribution in [1.82, 2.24) is 5.32 Å². The van der Waals surface area contributed by atoms with E-state index in [4.69, 9.17) is 29.6 Å². The first-order valence-corrected chi connectivity index (χ1v) is 5.68. The van der Waals surface area contributed by atoms with Crippen molar-refractivity contribution in [2.24, 2.45) is 5.73 Å². The van der Waals surface area contributed by atoms with Gasteiger partial charge in [-0.3, -0.25) is 0 Å². The Morgan fingerprint density at radius 2 is 2.05 bits per heavy atom. The number of hydrogen-bond donors (Lipinski definition) is 3. The van der Waals surface area contributed by atoms with Crippen molar-refractivity contribution >= 4 is 40.5 Å². The van der Waals surface area contributed by atoms with Gasteiger partial charge in [0.05, 0.1) is 10.7 Å². The fourth-order valence-electron chi connectivity index (χ4n) is 1.12. The van der Waals surface area contributed by atoms with Gasteiger partial charge in [0.15, 0.2) is 0 Å². The average Bonchev–Trinajstić information content (AvgIpc) is 2.28. The van der Waals surface area contributed by atoms with E-state index in [2.05, 4.69) is 5.32 Å². The van der Waals surface area contributed by atoms with E-state index in [9.17, 15) is 18.0 Å². The molecule has 0 fully saturated rings. The molecule has 19 heavy (non-hydrogen) atoms. The number of thiocarbonyl (C=S) groups is 1. The van der Waals surface area contributed by atoms with E-state index in [1.165, 1.54) is 18.2 Å². The second-order valence-electron chi connectivity index (χ2n) is 3.48. The largest absolute Gasteiger partial charge is 0.405 e. The van der Waals surface area contributed by atoms with E-state index >= 15 is 0 Å². The standard InChI is InChI=1S/C10H9ClF3N3OS/c11-6-3-5(8(15)19)1-2-7(6)17-9(18)16-4-10(12,13)14/h1-3H,4H2,(H2,15,19)(H2,16,17,18). The normalized spacial score (nSPS) is 10.9. The number of nitrogens with two attached hydrogens (primary N) is 1.